The van der Waals surface area contributed by atoms with Crippen LogP contribution in [0.15, 0.2) is 12.2 Å². The lowest BCUT2D eigenvalue weighted by Gasteiger charge is -2.31. The molecule has 1 rings (SSSR count). The molecular weight excluding hydrogens is 246 g/mol. The molecule has 1 unspecified atom stereocenters. The van der Waals surface area contributed by atoms with E-state index in [0.717, 1.165) is 0 Å². The zero-order valence-corrected chi connectivity index (χ0v) is 12.7. The van der Waals surface area contributed by atoms with E-state index >= 15 is 0 Å². The molecule has 0 aromatic carbocycles. The predicted molar refractivity (Wildman–Crippen MR) is 86.2 cm³/mol. The van der Waals surface area contributed by atoms with Crippen LogP contribution in [0, 0.1) is 0 Å². The van der Waals surface area contributed by atoms with Gasteiger partial charge in [-0.2, -0.15) is 0 Å². The molecule has 1 atom stereocenters. The first kappa shape index (κ1) is 17.4. The highest BCUT2D eigenvalue weighted by Crippen LogP contribution is 2.44. The molecule has 0 aromatic heterocycles. The Kier molecular flexibility index (Phi) is 8.69. The van der Waals surface area contributed by atoms with E-state index in [1.165, 1.54) is 30.8 Å². The summed E-state index contributed by atoms with van der Waals surface area (Å²) >= 11 is 4.26. The molecule has 102 valence electrons. The second kappa shape index (κ2) is 8.49. The molecule has 0 amide bonds. The second-order valence-electron chi connectivity index (χ2n) is 4.76. The van der Waals surface area contributed by atoms with E-state index in [2.05, 4.69) is 68.5 Å². The molecule has 1 saturated heterocycles. The highest BCUT2D eigenvalue weighted by Gasteiger charge is 2.26. The number of hydrogen-bond acceptors (Lipinski definition) is 3. The molecule has 0 N–H and O–H groups in total. The highest BCUT2D eigenvalue weighted by molar-refractivity contribution is 8.18. The van der Waals surface area contributed by atoms with Crippen molar-refractivity contribution in [2.75, 3.05) is 25.6 Å². The fraction of sp³-hybridized carbons (Fsp3) is 0.857. The number of nitrogens with zero attached hydrogens (tertiary/aromatic N) is 1. The number of rotatable bonds is 5. The normalized spacial score (nSPS) is 21.5. The fourth-order valence-corrected chi connectivity index (χ4v) is 4.79. The van der Waals surface area contributed by atoms with E-state index in [1.807, 2.05) is 0 Å². The van der Waals surface area contributed by atoms with Crippen LogP contribution in [-0.4, -0.2) is 40.6 Å². The first-order valence-electron chi connectivity index (χ1n) is 6.18. The minimum atomic E-state index is 0. The first-order valence-corrected chi connectivity index (χ1v) is 8.15. The summed E-state index contributed by atoms with van der Waals surface area (Å²) in [4.78, 5) is 2.29. The second-order valence-corrected chi connectivity index (χ2v) is 8.21. The van der Waals surface area contributed by atoms with Gasteiger partial charge < -0.3 is 4.90 Å². The van der Waals surface area contributed by atoms with Crippen molar-refractivity contribution in [3.63, 3.8) is 0 Å². The van der Waals surface area contributed by atoms with Gasteiger partial charge in [0.1, 0.15) is 0 Å². The molecule has 3 heteroatoms. The lowest BCUT2D eigenvalue weighted by molar-refractivity contribution is 0.335. The van der Waals surface area contributed by atoms with Gasteiger partial charge in [-0.3, -0.25) is 0 Å². The SMILES string of the molecule is C.CCC(/C=C\CC1(C)SCCCS1)N(C)C. The van der Waals surface area contributed by atoms with Crippen molar-refractivity contribution in [1.82, 2.24) is 4.90 Å². The largest absolute Gasteiger partial charge is 0.303 e. The standard InChI is InChI=1S/C13H25NS2.CH4/c1-5-12(14(3)4)8-6-9-13(2)15-10-7-11-16-13;/h6,8,12H,5,7,9-11H2,1-4H3;1H4/b8-6-;. The summed E-state index contributed by atoms with van der Waals surface area (Å²) in [6, 6.07) is 0.599. The van der Waals surface area contributed by atoms with Gasteiger partial charge in [-0.1, -0.05) is 26.5 Å². The molecule has 1 aliphatic rings. The van der Waals surface area contributed by atoms with E-state index in [0.29, 0.717) is 10.1 Å². The van der Waals surface area contributed by atoms with Crippen molar-refractivity contribution >= 4 is 23.5 Å². The zero-order chi connectivity index (χ0) is 12.0. The minimum Gasteiger partial charge on any atom is -0.303 e. The fourth-order valence-electron chi connectivity index (χ4n) is 1.91. The monoisotopic (exact) mass is 275 g/mol. The molecule has 1 aliphatic heterocycles. The number of likely N-dealkylation sites (N-methyl/N-ethyl adjacent to an activating group) is 1. The zero-order valence-electron chi connectivity index (χ0n) is 11.0. The van der Waals surface area contributed by atoms with Gasteiger partial charge in [-0.05, 0) is 51.8 Å². The average Bonchev–Trinajstić information content (AvgIpc) is 2.25. The third kappa shape index (κ3) is 6.21. The van der Waals surface area contributed by atoms with Gasteiger partial charge >= 0.3 is 0 Å². The Hall–Kier alpha value is 0.400. The smallest absolute Gasteiger partial charge is 0.0617 e. The van der Waals surface area contributed by atoms with Crippen LogP contribution in [0.1, 0.15) is 40.5 Å². The van der Waals surface area contributed by atoms with Crippen LogP contribution >= 0.6 is 23.5 Å². The van der Waals surface area contributed by atoms with Crippen LogP contribution < -0.4 is 0 Å². The molecule has 0 saturated carbocycles. The minimum absolute atomic E-state index is 0. The molecule has 0 spiro atoms. The quantitative estimate of drug-likeness (QED) is 0.680. The van der Waals surface area contributed by atoms with Crippen LogP contribution in [0.5, 0.6) is 0 Å². The van der Waals surface area contributed by atoms with Crippen molar-refractivity contribution in [3.8, 4) is 0 Å². The van der Waals surface area contributed by atoms with Gasteiger partial charge in [0.05, 0.1) is 4.08 Å². The van der Waals surface area contributed by atoms with Crippen LogP contribution in [0.25, 0.3) is 0 Å². The Morgan fingerprint density at radius 2 is 1.88 bits per heavy atom. The molecule has 1 fully saturated rings. The lowest BCUT2D eigenvalue weighted by Crippen LogP contribution is -2.25. The van der Waals surface area contributed by atoms with Crippen molar-refractivity contribution in [2.45, 2.75) is 50.7 Å². The summed E-state index contributed by atoms with van der Waals surface area (Å²) in [5, 5.41) is 0. The molecule has 1 nitrogen and oxygen atoms in total. The Morgan fingerprint density at radius 1 is 1.29 bits per heavy atom. The topological polar surface area (TPSA) is 3.24 Å². The third-order valence-electron chi connectivity index (χ3n) is 3.03. The molecule has 0 bridgehead atoms. The molecule has 17 heavy (non-hydrogen) atoms. The van der Waals surface area contributed by atoms with Gasteiger partial charge in [-0.25, -0.2) is 0 Å². The number of allylic oxidation sites excluding steroid dienone is 1. The molecular formula is C14H29NS2. The van der Waals surface area contributed by atoms with E-state index in [4.69, 9.17) is 0 Å². The summed E-state index contributed by atoms with van der Waals surface area (Å²) in [6.45, 7) is 4.64. The Balaban J connectivity index is 0.00000256. The van der Waals surface area contributed by atoms with E-state index in [-0.39, 0.29) is 7.43 Å². The summed E-state index contributed by atoms with van der Waals surface area (Å²) in [7, 11) is 4.31. The summed E-state index contributed by atoms with van der Waals surface area (Å²) < 4.78 is 0.430. The maximum absolute atomic E-state index is 2.39. The van der Waals surface area contributed by atoms with Gasteiger partial charge in [0.2, 0.25) is 0 Å². The van der Waals surface area contributed by atoms with Crippen LogP contribution in [-0.2, 0) is 0 Å². The van der Waals surface area contributed by atoms with Gasteiger partial charge in [-0.15, -0.1) is 23.5 Å². The Labute approximate surface area is 117 Å². The van der Waals surface area contributed by atoms with Crippen LogP contribution in [0.2, 0.25) is 0 Å². The summed E-state index contributed by atoms with van der Waals surface area (Å²) in [6.07, 6.45) is 8.54. The average molecular weight is 276 g/mol. The Bertz CT molecular complexity index is 220. The number of thioether (sulfide) groups is 2. The molecule has 0 aromatic rings. The lowest BCUT2D eigenvalue weighted by atomic mass is 10.1. The van der Waals surface area contributed by atoms with Gasteiger partial charge in [0.25, 0.3) is 0 Å². The van der Waals surface area contributed by atoms with Crippen LogP contribution in [0.4, 0.5) is 0 Å². The maximum Gasteiger partial charge on any atom is 0.0617 e. The van der Waals surface area contributed by atoms with Crippen molar-refractivity contribution < 1.29 is 0 Å². The number of hydrogen-bond donors (Lipinski definition) is 0. The molecule has 0 radical (unpaired) electrons. The van der Waals surface area contributed by atoms with E-state index < -0.39 is 0 Å². The van der Waals surface area contributed by atoms with Crippen molar-refractivity contribution in [3.05, 3.63) is 12.2 Å². The Morgan fingerprint density at radius 3 is 2.35 bits per heavy atom. The molecule has 1 heterocycles. The highest BCUT2D eigenvalue weighted by atomic mass is 32.2. The van der Waals surface area contributed by atoms with Crippen molar-refractivity contribution in [1.29, 1.82) is 0 Å². The van der Waals surface area contributed by atoms with Gasteiger partial charge in [0, 0.05) is 6.04 Å². The maximum atomic E-state index is 2.39. The summed E-state index contributed by atoms with van der Waals surface area (Å²) in [5.41, 5.74) is 0. The molecule has 0 aliphatic carbocycles. The van der Waals surface area contributed by atoms with E-state index in [1.54, 1.807) is 0 Å². The van der Waals surface area contributed by atoms with Gasteiger partial charge in [0.15, 0.2) is 0 Å². The third-order valence-corrected chi connectivity index (χ3v) is 6.28. The first-order chi connectivity index (χ1) is 7.57. The predicted octanol–water partition coefficient (Wildman–Crippen LogP) is 4.50. The van der Waals surface area contributed by atoms with Crippen LogP contribution in [0.3, 0.4) is 0 Å². The summed E-state index contributed by atoms with van der Waals surface area (Å²) in [5.74, 6) is 2.67. The van der Waals surface area contributed by atoms with Crippen molar-refractivity contribution in [2.24, 2.45) is 0 Å². The van der Waals surface area contributed by atoms with E-state index in [9.17, 15) is 0 Å².